The monoisotopic (exact) mass is 283 g/mol. The summed E-state index contributed by atoms with van der Waals surface area (Å²) in [6.07, 6.45) is 0.660. The molecule has 2 rings (SSSR count). The van der Waals surface area contributed by atoms with Gasteiger partial charge in [-0.1, -0.05) is 46.3 Å². The molecule has 0 amide bonds. The van der Waals surface area contributed by atoms with Crippen molar-refractivity contribution in [3.05, 3.63) is 35.9 Å². The maximum atomic E-state index is 5.81. The second-order valence-corrected chi connectivity index (χ2v) is 5.05. The van der Waals surface area contributed by atoms with Gasteiger partial charge in [-0.05, 0) is 12.5 Å². The Morgan fingerprint density at radius 2 is 2.06 bits per heavy atom. The summed E-state index contributed by atoms with van der Waals surface area (Å²) in [5.41, 5.74) is 1.38. The molecule has 0 spiro atoms. The topological polar surface area (TPSA) is 12.5 Å². The standard InChI is InChI=1S/C13H18BrNO/c1-11-8-15(10-13(7-14)16-11)9-12-5-3-2-4-6-12/h2-6,11,13H,7-10H2,1H3. The van der Waals surface area contributed by atoms with Gasteiger partial charge in [0.25, 0.3) is 0 Å². The van der Waals surface area contributed by atoms with E-state index in [4.69, 9.17) is 4.74 Å². The fraction of sp³-hybridized carbons (Fsp3) is 0.538. The van der Waals surface area contributed by atoms with E-state index < -0.39 is 0 Å². The van der Waals surface area contributed by atoms with E-state index in [1.807, 2.05) is 0 Å². The number of hydrogen-bond donors (Lipinski definition) is 0. The van der Waals surface area contributed by atoms with E-state index in [0.29, 0.717) is 12.2 Å². The molecule has 1 saturated heterocycles. The van der Waals surface area contributed by atoms with Crippen molar-refractivity contribution in [2.24, 2.45) is 0 Å². The average molecular weight is 284 g/mol. The van der Waals surface area contributed by atoms with Gasteiger partial charge in [0.1, 0.15) is 0 Å². The maximum absolute atomic E-state index is 5.81. The summed E-state index contributed by atoms with van der Waals surface area (Å²) < 4.78 is 5.81. The minimum Gasteiger partial charge on any atom is -0.372 e. The van der Waals surface area contributed by atoms with Crippen LogP contribution in [0, 0.1) is 0 Å². The third kappa shape index (κ3) is 3.30. The Balaban J connectivity index is 1.94. The number of morpholine rings is 1. The van der Waals surface area contributed by atoms with Crippen molar-refractivity contribution in [1.29, 1.82) is 0 Å². The predicted octanol–water partition coefficient (Wildman–Crippen LogP) is 2.67. The lowest BCUT2D eigenvalue weighted by Crippen LogP contribution is -2.46. The molecule has 2 atom stereocenters. The van der Waals surface area contributed by atoms with E-state index in [1.165, 1.54) is 5.56 Å². The Morgan fingerprint density at radius 3 is 2.75 bits per heavy atom. The molecule has 1 aromatic carbocycles. The SMILES string of the molecule is CC1CN(Cc2ccccc2)CC(CBr)O1. The molecule has 1 aliphatic rings. The number of benzene rings is 1. The van der Waals surface area contributed by atoms with Crippen molar-refractivity contribution in [2.45, 2.75) is 25.7 Å². The van der Waals surface area contributed by atoms with Crippen LogP contribution >= 0.6 is 15.9 Å². The van der Waals surface area contributed by atoms with E-state index >= 15 is 0 Å². The highest BCUT2D eigenvalue weighted by molar-refractivity contribution is 9.09. The molecule has 0 aliphatic carbocycles. The highest BCUT2D eigenvalue weighted by atomic mass is 79.9. The molecule has 0 aromatic heterocycles. The zero-order chi connectivity index (χ0) is 11.4. The van der Waals surface area contributed by atoms with Crippen LogP contribution in [0.1, 0.15) is 12.5 Å². The summed E-state index contributed by atoms with van der Waals surface area (Å²) in [6, 6.07) is 10.6. The molecule has 2 nitrogen and oxygen atoms in total. The van der Waals surface area contributed by atoms with Crippen LogP contribution in [0.3, 0.4) is 0 Å². The first-order valence-electron chi connectivity index (χ1n) is 5.75. The van der Waals surface area contributed by atoms with Crippen molar-refractivity contribution in [3.63, 3.8) is 0 Å². The van der Waals surface area contributed by atoms with Gasteiger partial charge < -0.3 is 4.74 Å². The number of rotatable bonds is 3. The van der Waals surface area contributed by atoms with E-state index in [1.54, 1.807) is 0 Å². The summed E-state index contributed by atoms with van der Waals surface area (Å²) in [5, 5.41) is 0.919. The Labute approximate surface area is 106 Å². The van der Waals surface area contributed by atoms with E-state index in [0.717, 1.165) is 25.0 Å². The molecule has 16 heavy (non-hydrogen) atoms. The zero-order valence-corrected chi connectivity index (χ0v) is 11.2. The molecule has 0 radical (unpaired) electrons. The molecule has 1 aliphatic heterocycles. The first kappa shape index (κ1) is 12.1. The van der Waals surface area contributed by atoms with Gasteiger partial charge in [-0.2, -0.15) is 0 Å². The van der Waals surface area contributed by atoms with Crippen molar-refractivity contribution in [2.75, 3.05) is 18.4 Å². The van der Waals surface area contributed by atoms with Gasteiger partial charge in [-0.3, -0.25) is 4.90 Å². The lowest BCUT2D eigenvalue weighted by molar-refractivity contribution is -0.0677. The van der Waals surface area contributed by atoms with Gasteiger partial charge in [0.05, 0.1) is 12.2 Å². The fourth-order valence-electron chi connectivity index (χ4n) is 2.20. The molecular weight excluding hydrogens is 266 g/mol. The number of halogens is 1. The first-order chi connectivity index (χ1) is 7.78. The largest absolute Gasteiger partial charge is 0.372 e. The summed E-state index contributed by atoms with van der Waals surface area (Å²) in [5.74, 6) is 0. The third-order valence-corrected chi connectivity index (χ3v) is 3.55. The highest BCUT2D eigenvalue weighted by Crippen LogP contribution is 2.15. The highest BCUT2D eigenvalue weighted by Gasteiger charge is 2.24. The molecule has 1 aromatic rings. The van der Waals surface area contributed by atoms with Crippen LogP contribution in [0.2, 0.25) is 0 Å². The molecule has 1 heterocycles. The number of nitrogens with zero attached hydrogens (tertiary/aromatic N) is 1. The van der Waals surface area contributed by atoms with Crippen molar-refractivity contribution in [1.82, 2.24) is 4.90 Å². The van der Waals surface area contributed by atoms with Crippen molar-refractivity contribution < 1.29 is 4.74 Å². The quantitative estimate of drug-likeness (QED) is 0.791. The van der Waals surface area contributed by atoms with Crippen LogP contribution in [0.5, 0.6) is 0 Å². The Kier molecular flexibility index (Phi) is 4.38. The van der Waals surface area contributed by atoms with Crippen molar-refractivity contribution in [3.8, 4) is 0 Å². The first-order valence-corrected chi connectivity index (χ1v) is 6.88. The second kappa shape index (κ2) is 5.80. The molecule has 0 N–H and O–H groups in total. The maximum Gasteiger partial charge on any atom is 0.0802 e. The zero-order valence-electron chi connectivity index (χ0n) is 9.60. The predicted molar refractivity (Wildman–Crippen MR) is 69.8 cm³/mol. The lowest BCUT2D eigenvalue weighted by atomic mass is 10.1. The third-order valence-electron chi connectivity index (χ3n) is 2.82. The van der Waals surface area contributed by atoms with Gasteiger partial charge in [-0.25, -0.2) is 0 Å². The van der Waals surface area contributed by atoms with Gasteiger partial charge in [-0.15, -0.1) is 0 Å². The van der Waals surface area contributed by atoms with Crippen LogP contribution in [0.4, 0.5) is 0 Å². The van der Waals surface area contributed by atoms with E-state index in [9.17, 15) is 0 Å². The number of alkyl halides is 1. The molecular formula is C13H18BrNO. The number of hydrogen-bond acceptors (Lipinski definition) is 2. The minimum absolute atomic E-state index is 0.326. The molecule has 1 fully saturated rings. The summed E-state index contributed by atoms with van der Waals surface area (Å²) in [6.45, 7) is 5.22. The van der Waals surface area contributed by atoms with Crippen LogP contribution in [-0.2, 0) is 11.3 Å². The molecule has 0 bridgehead atoms. The number of ether oxygens (including phenoxy) is 1. The van der Waals surface area contributed by atoms with Crippen LogP contribution in [0.15, 0.2) is 30.3 Å². The fourth-order valence-corrected chi connectivity index (χ4v) is 2.55. The van der Waals surface area contributed by atoms with E-state index in [2.05, 4.69) is 58.1 Å². The molecule has 3 heteroatoms. The van der Waals surface area contributed by atoms with E-state index in [-0.39, 0.29) is 0 Å². The Morgan fingerprint density at radius 1 is 1.31 bits per heavy atom. The Hall–Kier alpha value is -0.380. The second-order valence-electron chi connectivity index (χ2n) is 4.40. The van der Waals surface area contributed by atoms with Gasteiger partial charge in [0.2, 0.25) is 0 Å². The summed E-state index contributed by atoms with van der Waals surface area (Å²) in [4.78, 5) is 2.47. The smallest absolute Gasteiger partial charge is 0.0802 e. The molecule has 2 unspecified atom stereocenters. The molecule has 88 valence electrons. The van der Waals surface area contributed by atoms with Gasteiger partial charge in [0.15, 0.2) is 0 Å². The van der Waals surface area contributed by atoms with Crippen molar-refractivity contribution >= 4 is 15.9 Å². The van der Waals surface area contributed by atoms with Crippen LogP contribution < -0.4 is 0 Å². The van der Waals surface area contributed by atoms with Gasteiger partial charge in [0, 0.05) is 25.0 Å². The minimum atomic E-state index is 0.326. The Bertz CT molecular complexity index is 317. The molecule has 0 saturated carbocycles. The van der Waals surface area contributed by atoms with Crippen LogP contribution in [0.25, 0.3) is 0 Å². The summed E-state index contributed by atoms with van der Waals surface area (Å²) >= 11 is 3.50. The van der Waals surface area contributed by atoms with Gasteiger partial charge >= 0.3 is 0 Å². The normalized spacial score (nSPS) is 26.9. The average Bonchev–Trinajstić information content (AvgIpc) is 2.29. The van der Waals surface area contributed by atoms with Crippen LogP contribution in [-0.4, -0.2) is 35.5 Å². The lowest BCUT2D eigenvalue weighted by Gasteiger charge is -2.36. The summed E-state index contributed by atoms with van der Waals surface area (Å²) in [7, 11) is 0.